The Balaban J connectivity index is 2.07. The predicted octanol–water partition coefficient (Wildman–Crippen LogP) is 3.28. The Kier molecular flexibility index (Phi) is 5.67. The van der Waals surface area contributed by atoms with Crippen LogP contribution in [0.3, 0.4) is 0 Å². The smallest absolute Gasteiger partial charge is 0.126 e. The molecule has 0 radical (unpaired) electrons. The molecule has 1 saturated heterocycles. The van der Waals surface area contributed by atoms with Crippen molar-refractivity contribution in [2.24, 2.45) is 5.92 Å². The molecule has 1 aromatic carbocycles. The van der Waals surface area contributed by atoms with Gasteiger partial charge < -0.3 is 14.8 Å². The number of halogens is 1. The largest absolute Gasteiger partial charge is 0.493 e. The Morgan fingerprint density at radius 2 is 2.32 bits per heavy atom. The van der Waals surface area contributed by atoms with E-state index in [2.05, 4.69) is 47.2 Å². The summed E-state index contributed by atoms with van der Waals surface area (Å²) in [6.07, 6.45) is 1.11. The van der Waals surface area contributed by atoms with E-state index in [1.54, 1.807) is 0 Å². The van der Waals surface area contributed by atoms with Gasteiger partial charge in [-0.25, -0.2) is 0 Å². The average molecular weight is 328 g/mol. The number of ether oxygens (including phenoxy) is 2. The highest BCUT2D eigenvalue weighted by molar-refractivity contribution is 9.10. The summed E-state index contributed by atoms with van der Waals surface area (Å²) in [5, 5.41) is 3.36. The molecule has 1 aliphatic heterocycles. The maximum atomic E-state index is 6.06. The molecular formula is C15H22BrNO2. The third-order valence-corrected chi connectivity index (χ3v) is 3.83. The molecule has 1 atom stereocenters. The topological polar surface area (TPSA) is 30.5 Å². The highest BCUT2D eigenvalue weighted by Gasteiger charge is 2.17. The van der Waals surface area contributed by atoms with Gasteiger partial charge in [0.2, 0.25) is 0 Å². The van der Waals surface area contributed by atoms with Crippen molar-refractivity contribution in [3.63, 3.8) is 0 Å². The van der Waals surface area contributed by atoms with Crippen molar-refractivity contribution in [2.45, 2.75) is 26.8 Å². The summed E-state index contributed by atoms with van der Waals surface area (Å²) in [6, 6.07) is 4.24. The molecule has 3 nitrogen and oxygen atoms in total. The lowest BCUT2D eigenvalue weighted by Gasteiger charge is -2.17. The highest BCUT2D eigenvalue weighted by Crippen LogP contribution is 2.29. The van der Waals surface area contributed by atoms with Gasteiger partial charge in [-0.1, -0.05) is 22.9 Å². The van der Waals surface area contributed by atoms with Crippen molar-refractivity contribution < 1.29 is 9.47 Å². The lowest BCUT2D eigenvalue weighted by molar-refractivity contribution is 0.166. The van der Waals surface area contributed by atoms with Crippen LogP contribution in [0, 0.1) is 12.8 Å². The first-order valence-electron chi connectivity index (χ1n) is 6.91. The van der Waals surface area contributed by atoms with Gasteiger partial charge in [0.1, 0.15) is 5.75 Å². The first-order chi connectivity index (χ1) is 9.20. The molecule has 1 aromatic rings. The van der Waals surface area contributed by atoms with E-state index in [-0.39, 0.29) is 0 Å². The van der Waals surface area contributed by atoms with Gasteiger partial charge in [0, 0.05) is 29.1 Å². The van der Waals surface area contributed by atoms with E-state index in [1.807, 2.05) is 0 Å². The molecule has 106 valence electrons. The maximum Gasteiger partial charge on any atom is 0.126 e. The molecule has 0 amide bonds. The van der Waals surface area contributed by atoms with Gasteiger partial charge in [-0.2, -0.15) is 0 Å². The van der Waals surface area contributed by atoms with E-state index < -0.39 is 0 Å². The van der Waals surface area contributed by atoms with Crippen molar-refractivity contribution in [2.75, 3.05) is 26.4 Å². The van der Waals surface area contributed by atoms with E-state index in [0.717, 1.165) is 49.6 Å². The third-order valence-electron chi connectivity index (χ3n) is 3.37. The average Bonchev–Trinajstić information content (AvgIpc) is 2.88. The molecular weight excluding hydrogens is 306 g/mol. The third kappa shape index (κ3) is 4.20. The Morgan fingerprint density at radius 3 is 3.00 bits per heavy atom. The molecule has 0 aromatic heterocycles. The molecule has 1 fully saturated rings. The number of hydrogen-bond acceptors (Lipinski definition) is 3. The summed E-state index contributed by atoms with van der Waals surface area (Å²) in [7, 11) is 0. The minimum absolute atomic E-state index is 0.537. The number of hydrogen-bond donors (Lipinski definition) is 1. The number of nitrogens with one attached hydrogen (secondary N) is 1. The summed E-state index contributed by atoms with van der Waals surface area (Å²) < 4.78 is 12.6. The summed E-state index contributed by atoms with van der Waals surface area (Å²) in [5.74, 6) is 1.56. The van der Waals surface area contributed by atoms with Crippen LogP contribution in [0.15, 0.2) is 16.6 Å². The van der Waals surface area contributed by atoms with E-state index in [1.165, 1.54) is 11.1 Å². The first kappa shape index (κ1) is 14.8. The van der Waals surface area contributed by atoms with E-state index in [0.29, 0.717) is 5.92 Å². The van der Waals surface area contributed by atoms with E-state index >= 15 is 0 Å². The Hall–Kier alpha value is -0.580. The summed E-state index contributed by atoms with van der Waals surface area (Å²) in [6.45, 7) is 8.47. The van der Waals surface area contributed by atoms with E-state index in [4.69, 9.17) is 9.47 Å². The Bertz CT molecular complexity index is 417. The summed E-state index contributed by atoms with van der Waals surface area (Å²) in [5.41, 5.74) is 2.40. The molecule has 4 heteroatoms. The van der Waals surface area contributed by atoms with Crippen molar-refractivity contribution >= 4 is 15.9 Å². The minimum atomic E-state index is 0.537. The van der Waals surface area contributed by atoms with Crippen LogP contribution < -0.4 is 10.1 Å². The molecule has 1 N–H and O–H groups in total. The zero-order valence-corrected chi connectivity index (χ0v) is 13.3. The summed E-state index contributed by atoms with van der Waals surface area (Å²) >= 11 is 3.55. The Labute approximate surface area is 123 Å². The van der Waals surface area contributed by atoms with Crippen LogP contribution in [-0.4, -0.2) is 26.4 Å². The standard InChI is InChI=1S/C15H22BrNO2/c1-3-17-8-13-7-14(16)6-11(2)15(13)19-10-12-4-5-18-9-12/h6-7,12,17H,3-5,8-10H2,1-2H3. The predicted molar refractivity (Wildman–Crippen MR) is 80.7 cm³/mol. The van der Waals surface area contributed by atoms with Gasteiger partial charge in [-0.3, -0.25) is 0 Å². The van der Waals surface area contributed by atoms with E-state index in [9.17, 15) is 0 Å². The lowest BCUT2D eigenvalue weighted by Crippen LogP contribution is -2.16. The molecule has 0 aliphatic carbocycles. The lowest BCUT2D eigenvalue weighted by atomic mass is 10.1. The fraction of sp³-hybridized carbons (Fsp3) is 0.600. The number of benzene rings is 1. The van der Waals surface area contributed by atoms with Crippen molar-refractivity contribution in [1.82, 2.24) is 5.32 Å². The number of rotatable bonds is 6. The van der Waals surface area contributed by atoms with Crippen molar-refractivity contribution in [1.29, 1.82) is 0 Å². The fourth-order valence-corrected chi connectivity index (χ4v) is 2.93. The monoisotopic (exact) mass is 327 g/mol. The van der Waals surface area contributed by atoms with Crippen molar-refractivity contribution in [3.05, 3.63) is 27.7 Å². The molecule has 1 aliphatic rings. The molecule has 2 rings (SSSR count). The fourth-order valence-electron chi connectivity index (χ4n) is 2.31. The van der Waals surface area contributed by atoms with Crippen LogP contribution in [0.4, 0.5) is 0 Å². The van der Waals surface area contributed by atoms with Crippen LogP contribution in [0.25, 0.3) is 0 Å². The second-order valence-corrected chi connectivity index (χ2v) is 5.95. The second-order valence-electron chi connectivity index (χ2n) is 5.03. The molecule has 0 spiro atoms. The van der Waals surface area contributed by atoms with Crippen LogP contribution in [0.5, 0.6) is 5.75 Å². The minimum Gasteiger partial charge on any atom is -0.493 e. The van der Waals surface area contributed by atoms with Gasteiger partial charge in [-0.05, 0) is 37.6 Å². The summed E-state index contributed by atoms with van der Waals surface area (Å²) in [4.78, 5) is 0. The normalized spacial score (nSPS) is 18.8. The first-order valence-corrected chi connectivity index (χ1v) is 7.70. The Morgan fingerprint density at radius 1 is 1.47 bits per heavy atom. The molecule has 0 saturated carbocycles. The number of aryl methyl sites for hydroxylation is 1. The molecule has 1 unspecified atom stereocenters. The van der Waals surface area contributed by atoms with Crippen LogP contribution in [0.1, 0.15) is 24.5 Å². The zero-order valence-electron chi connectivity index (χ0n) is 11.7. The zero-order chi connectivity index (χ0) is 13.7. The van der Waals surface area contributed by atoms with Gasteiger partial charge in [0.15, 0.2) is 0 Å². The van der Waals surface area contributed by atoms with Gasteiger partial charge in [0.25, 0.3) is 0 Å². The van der Waals surface area contributed by atoms with Gasteiger partial charge in [-0.15, -0.1) is 0 Å². The highest BCUT2D eigenvalue weighted by atomic mass is 79.9. The van der Waals surface area contributed by atoms with Crippen LogP contribution >= 0.6 is 15.9 Å². The molecule has 19 heavy (non-hydrogen) atoms. The molecule has 0 bridgehead atoms. The quantitative estimate of drug-likeness (QED) is 0.869. The van der Waals surface area contributed by atoms with Gasteiger partial charge in [0.05, 0.1) is 13.2 Å². The maximum absolute atomic E-state index is 6.06. The van der Waals surface area contributed by atoms with Crippen LogP contribution in [0.2, 0.25) is 0 Å². The SMILES string of the molecule is CCNCc1cc(Br)cc(C)c1OCC1CCOC1. The van der Waals surface area contributed by atoms with Gasteiger partial charge >= 0.3 is 0 Å². The second kappa shape index (κ2) is 7.27. The molecule has 1 heterocycles. The van der Waals surface area contributed by atoms with Crippen LogP contribution in [-0.2, 0) is 11.3 Å². The van der Waals surface area contributed by atoms with Crippen molar-refractivity contribution in [3.8, 4) is 5.75 Å².